The van der Waals surface area contributed by atoms with E-state index in [-0.39, 0.29) is 6.61 Å². The fourth-order valence-electron chi connectivity index (χ4n) is 1.18. The number of aliphatic hydroxyl groups excluding tert-OH is 3. The molecular formula is C7H14O5. The van der Waals surface area contributed by atoms with Gasteiger partial charge in [-0.1, -0.05) is 0 Å². The first-order chi connectivity index (χ1) is 5.66. The van der Waals surface area contributed by atoms with Gasteiger partial charge in [0, 0.05) is 6.61 Å². The smallest absolute Gasteiger partial charge is 0.183 e. The summed E-state index contributed by atoms with van der Waals surface area (Å²) in [6.07, 6.45) is -4.05. The number of hydrogen-bond acceptors (Lipinski definition) is 5. The molecule has 5 nitrogen and oxygen atoms in total. The van der Waals surface area contributed by atoms with E-state index in [0.29, 0.717) is 6.61 Å². The Morgan fingerprint density at radius 2 is 2.08 bits per heavy atom. The third-order valence-electron chi connectivity index (χ3n) is 1.80. The molecule has 5 heteroatoms. The highest BCUT2D eigenvalue weighted by atomic mass is 16.6. The van der Waals surface area contributed by atoms with Crippen molar-refractivity contribution >= 4 is 0 Å². The number of rotatable bonds is 2. The van der Waals surface area contributed by atoms with Gasteiger partial charge in [0.25, 0.3) is 0 Å². The van der Waals surface area contributed by atoms with Crippen molar-refractivity contribution in [1.29, 1.82) is 0 Å². The zero-order valence-electron chi connectivity index (χ0n) is 6.88. The van der Waals surface area contributed by atoms with Crippen molar-refractivity contribution in [2.24, 2.45) is 0 Å². The number of hydrogen-bond donors (Lipinski definition) is 3. The van der Waals surface area contributed by atoms with E-state index in [9.17, 15) is 10.2 Å². The van der Waals surface area contributed by atoms with Crippen LogP contribution in [0.3, 0.4) is 0 Å². The molecule has 72 valence electrons. The lowest BCUT2D eigenvalue weighted by Gasteiger charge is -2.34. The Kier molecular flexibility index (Phi) is 3.42. The lowest BCUT2D eigenvalue weighted by molar-refractivity contribution is -0.261. The Morgan fingerprint density at radius 3 is 2.67 bits per heavy atom. The minimum Gasteiger partial charge on any atom is -0.388 e. The molecule has 1 aliphatic rings. The molecule has 1 aliphatic heterocycles. The lowest BCUT2D eigenvalue weighted by atomic mass is 10.1. The van der Waals surface area contributed by atoms with E-state index in [1.807, 2.05) is 0 Å². The van der Waals surface area contributed by atoms with Crippen LogP contribution in [0.15, 0.2) is 0 Å². The normalized spacial score (nSPS) is 43.0. The molecule has 0 radical (unpaired) electrons. The number of ether oxygens (including phenoxy) is 2. The molecule has 1 saturated heterocycles. The zero-order chi connectivity index (χ0) is 9.14. The molecule has 4 atom stereocenters. The van der Waals surface area contributed by atoms with Crippen LogP contribution in [0.4, 0.5) is 0 Å². The SMILES string of the molecule is CCO[C@H]1[C@@H](O)COC(O)[C@@H]1O. The van der Waals surface area contributed by atoms with Gasteiger partial charge >= 0.3 is 0 Å². The Labute approximate surface area is 70.5 Å². The first-order valence-corrected chi connectivity index (χ1v) is 3.94. The van der Waals surface area contributed by atoms with Crippen LogP contribution in [-0.4, -0.2) is 53.1 Å². The van der Waals surface area contributed by atoms with Gasteiger partial charge in [-0.3, -0.25) is 0 Å². The third kappa shape index (κ3) is 1.94. The molecule has 0 bridgehead atoms. The standard InChI is InChI=1S/C7H14O5/c1-2-11-6-4(8)3-12-7(10)5(6)9/h4-10H,2-3H2,1H3/t4-,5+,6-,7?/m0/s1. The molecule has 12 heavy (non-hydrogen) atoms. The predicted molar refractivity (Wildman–Crippen MR) is 39.4 cm³/mol. The molecule has 0 saturated carbocycles. The van der Waals surface area contributed by atoms with Gasteiger partial charge in [-0.2, -0.15) is 0 Å². The van der Waals surface area contributed by atoms with Gasteiger partial charge in [0.2, 0.25) is 0 Å². The zero-order valence-corrected chi connectivity index (χ0v) is 6.88. The van der Waals surface area contributed by atoms with Gasteiger partial charge in [0.15, 0.2) is 6.29 Å². The fourth-order valence-corrected chi connectivity index (χ4v) is 1.18. The summed E-state index contributed by atoms with van der Waals surface area (Å²) in [5.74, 6) is 0. The van der Waals surface area contributed by atoms with Crippen molar-refractivity contribution in [3.63, 3.8) is 0 Å². The summed E-state index contributed by atoms with van der Waals surface area (Å²) in [4.78, 5) is 0. The topological polar surface area (TPSA) is 79.2 Å². The van der Waals surface area contributed by atoms with Gasteiger partial charge in [-0.05, 0) is 6.92 Å². The average Bonchev–Trinajstić information content (AvgIpc) is 2.06. The molecule has 0 aromatic rings. The predicted octanol–water partition coefficient (Wildman–Crippen LogP) is -1.54. The van der Waals surface area contributed by atoms with Gasteiger partial charge < -0.3 is 24.8 Å². The van der Waals surface area contributed by atoms with Crippen LogP contribution in [0, 0.1) is 0 Å². The second kappa shape index (κ2) is 4.15. The van der Waals surface area contributed by atoms with Crippen LogP contribution in [0.5, 0.6) is 0 Å². The molecule has 1 fully saturated rings. The van der Waals surface area contributed by atoms with Crippen molar-refractivity contribution in [1.82, 2.24) is 0 Å². The summed E-state index contributed by atoms with van der Waals surface area (Å²) < 4.78 is 9.69. The Balaban J connectivity index is 2.52. The molecule has 3 N–H and O–H groups in total. The van der Waals surface area contributed by atoms with E-state index in [2.05, 4.69) is 4.74 Å². The van der Waals surface area contributed by atoms with Crippen LogP contribution in [0.2, 0.25) is 0 Å². The summed E-state index contributed by atoms with van der Waals surface area (Å²) in [6, 6.07) is 0. The first-order valence-electron chi connectivity index (χ1n) is 3.94. The molecule has 0 aromatic heterocycles. The second-order valence-corrected chi connectivity index (χ2v) is 2.70. The molecule has 0 aromatic carbocycles. The van der Waals surface area contributed by atoms with Crippen molar-refractivity contribution in [3.05, 3.63) is 0 Å². The maximum Gasteiger partial charge on any atom is 0.183 e. The summed E-state index contributed by atoms with van der Waals surface area (Å²) in [5, 5.41) is 27.6. The molecule has 0 amide bonds. The highest BCUT2D eigenvalue weighted by molar-refractivity contribution is 4.83. The second-order valence-electron chi connectivity index (χ2n) is 2.70. The van der Waals surface area contributed by atoms with E-state index < -0.39 is 24.6 Å². The maximum atomic E-state index is 9.28. The highest BCUT2D eigenvalue weighted by Gasteiger charge is 2.38. The van der Waals surface area contributed by atoms with Crippen LogP contribution in [0.25, 0.3) is 0 Å². The molecule has 0 spiro atoms. The van der Waals surface area contributed by atoms with Crippen molar-refractivity contribution < 1.29 is 24.8 Å². The monoisotopic (exact) mass is 178 g/mol. The van der Waals surface area contributed by atoms with Gasteiger partial charge in [0.1, 0.15) is 18.3 Å². The quantitative estimate of drug-likeness (QED) is 0.477. The molecular weight excluding hydrogens is 164 g/mol. The van der Waals surface area contributed by atoms with Crippen molar-refractivity contribution in [2.75, 3.05) is 13.2 Å². The molecule has 1 rings (SSSR count). The van der Waals surface area contributed by atoms with Gasteiger partial charge in [-0.15, -0.1) is 0 Å². The summed E-state index contributed by atoms with van der Waals surface area (Å²) in [6.45, 7) is 2.12. The van der Waals surface area contributed by atoms with E-state index in [4.69, 9.17) is 9.84 Å². The minimum atomic E-state index is -1.26. The highest BCUT2D eigenvalue weighted by Crippen LogP contribution is 2.16. The summed E-state index contributed by atoms with van der Waals surface area (Å²) in [7, 11) is 0. The Morgan fingerprint density at radius 1 is 1.42 bits per heavy atom. The fraction of sp³-hybridized carbons (Fsp3) is 1.00. The minimum absolute atomic E-state index is 0.0110. The largest absolute Gasteiger partial charge is 0.388 e. The summed E-state index contributed by atoms with van der Waals surface area (Å²) in [5.41, 5.74) is 0. The van der Waals surface area contributed by atoms with E-state index in [1.165, 1.54) is 0 Å². The van der Waals surface area contributed by atoms with Gasteiger partial charge in [0.05, 0.1) is 6.61 Å². The van der Waals surface area contributed by atoms with Gasteiger partial charge in [-0.25, -0.2) is 0 Å². The average molecular weight is 178 g/mol. The summed E-state index contributed by atoms with van der Waals surface area (Å²) >= 11 is 0. The van der Waals surface area contributed by atoms with Crippen molar-refractivity contribution in [3.8, 4) is 0 Å². The lowest BCUT2D eigenvalue weighted by Crippen LogP contribution is -2.54. The molecule has 1 heterocycles. The van der Waals surface area contributed by atoms with Crippen LogP contribution in [0.1, 0.15) is 6.92 Å². The maximum absolute atomic E-state index is 9.28. The Hall–Kier alpha value is -0.200. The molecule has 1 unspecified atom stereocenters. The third-order valence-corrected chi connectivity index (χ3v) is 1.80. The number of aliphatic hydroxyl groups is 3. The van der Waals surface area contributed by atoms with Crippen LogP contribution in [-0.2, 0) is 9.47 Å². The van der Waals surface area contributed by atoms with E-state index >= 15 is 0 Å². The van der Waals surface area contributed by atoms with E-state index in [1.54, 1.807) is 6.92 Å². The van der Waals surface area contributed by atoms with Crippen LogP contribution >= 0.6 is 0 Å². The Bertz CT molecular complexity index is 140. The van der Waals surface area contributed by atoms with Crippen molar-refractivity contribution in [2.45, 2.75) is 31.5 Å². The molecule has 0 aliphatic carbocycles. The van der Waals surface area contributed by atoms with E-state index in [0.717, 1.165) is 0 Å². The first kappa shape index (κ1) is 9.88. The van der Waals surface area contributed by atoms with Crippen LogP contribution < -0.4 is 0 Å².